The Morgan fingerprint density at radius 2 is 1.69 bits per heavy atom. The third-order valence-corrected chi connectivity index (χ3v) is 2.52. The Morgan fingerprint density at radius 1 is 1.19 bits per heavy atom. The first-order valence-corrected chi connectivity index (χ1v) is 5.07. The Bertz CT molecular complexity index is 342. The summed E-state index contributed by atoms with van der Waals surface area (Å²) in [7, 11) is 1.28. The van der Waals surface area contributed by atoms with E-state index in [1.54, 1.807) is 20.8 Å². The highest BCUT2D eigenvalue weighted by Gasteiger charge is 2.52. The zero-order chi connectivity index (χ0) is 12.4. The number of carbonyl (C=O) groups excluding carboxylic acids is 2. The van der Waals surface area contributed by atoms with E-state index < -0.39 is 23.0 Å². The van der Waals surface area contributed by atoms with Crippen molar-refractivity contribution in [3.63, 3.8) is 0 Å². The van der Waals surface area contributed by atoms with Crippen LogP contribution in [0.3, 0.4) is 0 Å². The van der Waals surface area contributed by atoms with Crippen LogP contribution in [-0.4, -0.2) is 36.7 Å². The molecule has 6 nitrogen and oxygen atoms in total. The summed E-state index contributed by atoms with van der Waals surface area (Å²) in [6.07, 6.45) is 0.172. The van der Waals surface area contributed by atoms with Crippen LogP contribution in [0.4, 0.5) is 0 Å². The molecule has 0 aliphatic carbocycles. The van der Waals surface area contributed by atoms with Crippen molar-refractivity contribution >= 4 is 11.9 Å². The minimum absolute atomic E-state index is 0.172. The van der Waals surface area contributed by atoms with E-state index in [0.29, 0.717) is 0 Å². The molecule has 0 amide bonds. The van der Waals surface area contributed by atoms with Crippen molar-refractivity contribution in [2.24, 2.45) is 10.2 Å². The van der Waals surface area contributed by atoms with E-state index >= 15 is 0 Å². The summed E-state index contributed by atoms with van der Waals surface area (Å²) >= 11 is 0. The van der Waals surface area contributed by atoms with Gasteiger partial charge in [0.25, 0.3) is 0 Å². The zero-order valence-electron chi connectivity index (χ0n) is 9.94. The van der Waals surface area contributed by atoms with Crippen LogP contribution in [0.15, 0.2) is 10.2 Å². The number of rotatable bonds is 3. The van der Waals surface area contributed by atoms with Crippen molar-refractivity contribution < 1.29 is 19.1 Å². The fraction of sp³-hybridized carbons (Fsp3) is 0.800. The van der Waals surface area contributed by atoms with Gasteiger partial charge in [-0.2, -0.15) is 10.2 Å². The predicted octanol–water partition coefficient (Wildman–Crippen LogP) is 1.10. The molecule has 1 aliphatic rings. The van der Waals surface area contributed by atoms with Gasteiger partial charge in [0.1, 0.15) is 0 Å². The van der Waals surface area contributed by atoms with E-state index in [1.165, 1.54) is 7.11 Å². The molecule has 0 spiro atoms. The maximum absolute atomic E-state index is 11.6. The van der Waals surface area contributed by atoms with Gasteiger partial charge in [0.2, 0.25) is 0 Å². The summed E-state index contributed by atoms with van der Waals surface area (Å²) in [5, 5.41) is 7.70. The molecule has 1 rings (SSSR count). The van der Waals surface area contributed by atoms with E-state index in [4.69, 9.17) is 4.74 Å². The van der Waals surface area contributed by atoms with Crippen LogP contribution in [0.2, 0.25) is 0 Å². The van der Waals surface area contributed by atoms with Gasteiger partial charge in [-0.1, -0.05) is 0 Å². The van der Waals surface area contributed by atoms with Crippen LogP contribution in [0.5, 0.6) is 0 Å². The lowest BCUT2D eigenvalue weighted by molar-refractivity contribution is -0.150. The quantitative estimate of drug-likeness (QED) is 0.677. The highest BCUT2D eigenvalue weighted by Crippen LogP contribution is 2.36. The Balaban J connectivity index is 2.83. The molecule has 0 fully saturated rings. The number of nitrogens with zero attached hydrogens (tertiary/aromatic N) is 2. The lowest BCUT2D eigenvalue weighted by Gasteiger charge is -2.21. The molecule has 16 heavy (non-hydrogen) atoms. The Hall–Kier alpha value is -1.46. The smallest absolute Gasteiger partial charge is 0.335 e. The van der Waals surface area contributed by atoms with Crippen LogP contribution in [0.25, 0.3) is 0 Å². The first kappa shape index (κ1) is 12.6. The monoisotopic (exact) mass is 228 g/mol. The predicted molar refractivity (Wildman–Crippen MR) is 54.9 cm³/mol. The van der Waals surface area contributed by atoms with Crippen molar-refractivity contribution in [1.82, 2.24) is 0 Å². The molecule has 0 saturated carbocycles. The van der Waals surface area contributed by atoms with Gasteiger partial charge in [0, 0.05) is 6.42 Å². The third-order valence-electron chi connectivity index (χ3n) is 2.52. The molecule has 0 aromatic carbocycles. The standard InChI is InChI=1S/C10H16N2O4/c1-5-16-8(14)10(3)6-9(2,11-12-10)7(13)15-4/h5-6H2,1-4H3. The van der Waals surface area contributed by atoms with E-state index in [9.17, 15) is 9.59 Å². The van der Waals surface area contributed by atoms with Crippen molar-refractivity contribution in [2.75, 3.05) is 13.7 Å². The Labute approximate surface area is 94.0 Å². The van der Waals surface area contributed by atoms with Gasteiger partial charge in [-0.25, -0.2) is 9.59 Å². The number of hydrogen-bond acceptors (Lipinski definition) is 6. The van der Waals surface area contributed by atoms with Crippen LogP contribution in [-0.2, 0) is 19.1 Å². The van der Waals surface area contributed by atoms with Gasteiger partial charge in [-0.3, -0.25) is 0 Å². The second-order valence-electron chi connectivity index (χ2n) is 4.14. The van der Waals surface area contributed by atoms with Gasteiger partial charge in [0.05, 0.1) is 13.7 Å². The van der Waals surface area contributed by atoms with Crippen molar-refractivity contribution in [3.8, 4) is 0 Å². The molecule has 0 N–H and O–H groups in total. The number of esters is 2. The van der Waals surface area contributed by atoms with Gasteiger partial charge < -0.3 is 9.47 Å². The summed E-state index contributed by atoms with van der Waals surface area (Å²) in [5.74, 6) is -0.962. The van der Waals surface area contributed by atoms with Gasteiger partial charge in [-0.05, 0) is 20.8 Å². The maximum atomic E-state index is 11.6. The van der Waals surface area contributed by atoms with Gasteiger partial charge in [0.15, 0.2) is 11.1 Å². The number of hydrogen-bond donors (Lipinski definition) is 0. The van der Waals surface area contributed by atoms with E-state index in [2.05, 4.69) is 15.0 Å². The molecule has 0 aromatic heterocycles. The molecule has 1 heterocycles. The number of azo groups is 1. The lowest BCUT2D eigenvalue weighted by Crippen LogP contribution is -2.41. The number of methoxy groups -OCH3 is 1. The van der Waals surface area contributed by atoms with Crippen molar-refractivity contribution in [3.05, 3.63) is 0 Å². The van der Waals surface area contributed by atoms with Crippen LogP contribution in [0.1, 0.15) is 27.2 Å². The molecule has 0 bridgehead atoms. The molecular formula is C10H16N2O4. The molecule has 90 valence electrons. The van der Waals surface area contributed by atoms with E-state index in [1.807, 2.05) is 0 Å². The molecule has 2 atom stereocenters. The molecule has 0 saturated heterocycles. The van der Waals surface area contributed by atoms with Crippen LogP contribution in [0, 0.1) is 0 Å². The highest BCUT2D eigenvalue weighted by molar-refractivity contribution is 5.86. The SMILES string of the molecule is CCOC(=O)C1(C)CC(C)(C(=O)OC)N=N1. The molecule has 2 unspecified atom stereocenters. The second-order valence-corrected chi connectivity index (χ2v) is 4.14. The van der Waals surface area contributed by atoms with Crippen LogP contribution >= 0.6 is 0 Å². The van der Waals surface area contributed by atoms with Crippen molar-refractivity contribution in [1.29, 1.82) is 0 Å². The summed E-state index contributed by atoms with van der Waals surface area (Å²) in [6.45, 7) is 5.18. The second kappa shape index (κ2) is 4.19. The van der Waals surface area contributed by atoms with E-state index in [-0.39, 0.29) is 13.0 Å². The van der Waals surface area contributed by atoms with Crippen molar-refractivity contribution in [2.45, 2.75) is 38.3 Å². The maximum Gasteiger partial charge on any atom is 0.335 e. The highest BCUT2D eigenvalue weighted by atomic mass is 16.5. The van der Waals surface area contributed by atoms with Crippen LogP contribution < -0.4 is 0 Å². The lowest BCUT2D eigenvalue weighted by atomic mass is 9.87. The molecule has 0 radical (unpaired) electrons. The van der Waals surface area contributed by atoms with Gasteiger partial charge >= 0.3 is 11.9 Å². The Kier molecular flexibility index (Phi) is 3.30. The zero-order valence-corrected chi connectivity index (χ0v) is 9.94. The average Bonchev–Trinajstić information content (AvgIpc) is 2.57. The number of ether oxygens (including phenoxy) is 2. The molecule has 1 aliphatic heterocycles. The van der Waals surface area contributed by atoms with Gasteiger partial charge in [-0.15, -0.1) is 0 Å². The third kappa shape index (κ3) is 2.05. The fourth-order valence-corrected chi connectivity index (χ4v) is 1.69. The average molecular weight is 228 g/mol. The van der Waals surface area contributed by atoms with E-state index in [0.717, 1.165) is 0 Å². The normalized spacial score (nSPS) is 32.5. The first-order chi connectivity index (χ1) is 7.38. The molecule has 0 aromatic rings. The summed E-state index contributed by atoms with van der Waals surface area (Å²) in [4.78, 5) is 23.1. The minimum atomic E-state index is -1.09. The fourth-order valence-electron chi connectivity index (χ4n) is 1.69. The Morgan fingerprint density at radius 3 is 2.12 bits per heavy atom. The molecular weight excluding hydrogens is 212 g/mol. The molecule has 6 heteroatoms. The minimum Gasteiger partial charge on any atom is -0.467 e. The summed E-state index contributed by atoms with van der Waals surface area (Å²) in [5.41, 5.74) is -2.17. The largest absolute Gasteiger partial charge is 0.467 e. The number of carbonyl (C=O) groups is 2. The first-order valence-electron chi connectivity index (χ1n) is 5.07. The summed E-state index contributed by atoms with van der Waals surface area (Å²) < 4.78 is 9.52. The summed E-state index contributed by atoms with van der Waals surface area (Å²) in [6, 6.07) is 0. The topological polar surface area (TPSA) is 77.3 Å².